The van der Waals surface area contributed by atoms with E-state index in [1.807, 2.05) is 86.6 Å². The number of aliphatic carboxylic acids is 1. The normalized spacial score (nSPS) is 19.5. The van der Waals surface area contributed by atoms with Crippen LogP contribution in [0.5, 0.6) is 0 Å². The van der Waals surface area contributed by atoms with Crippen LogP contribution in [0.15, 0.2) is 103 Å². The molecule has 0 radical (unpaired) electrons. The minimum absolute atomic E-state index is 0.0109. The molecule has 10 nitrogen and oxygen atoms in total. The molecule has 0 unspecified atom stereocenters. The van der Waals surface area contributed by atoms with E-state index in [0.29, 0.717) is 25.0 Å². The molecule has 3 N–H and O–H groups in total. The summed E-state index contributed by atoms with van der Waals surface area (Å²) in [5.41, 5.74) is 8.98. The minimum atomic E-state index is -0.838. The zero-order valence-electron chi connectivity index (χ0n) is 31.3. The summed E-state index contributed by atoms with van der Waals surface area (Å²) >= 11 is 3.22. The molecule has 2 fully saturated rings. The Hall–Kier alpha value is -4.74. The highest BCUT2D eigenvalue weighted by molar-refractivity contribution is 9.09. The molecule has 0 bridgehead atoms. The van der Waals surface area contributed by atoms with Crippen molar-refractivity contribution in [3.05, 3.63) is 120 Å². The maximum atomic E-state index is 12.1. The van der Waals surface area contributed by atoms with E-state index >= 15 is 0 Å². The summed E-state index contributed by atoms with van der Waals surface area (Å²) in [6, 6.07) is 33.7. The lowest BCUT2D eigenvalue weighted by molar-refractivity contribution is -0.142. The van der Waals surface area contributed by atoms with Gasteiger partial charge in [0.25, 0.3) is 0 Å². The first-order valence-corrected chi connectivity index (χ1v) is 19.6. The van der Waals surface area contributed by atoms with E-state index in [-0.39, 0.29) is 55.4 Å². The van der Waals surface area contributed by atoms with Gasteiger partial charge in [-0.3, -0.25) is 9.59 Å². The van der Waals surface area contributed by atoms with Crippen LogP contribution in [0.3, 0.4) is 0 Å². The van der Waals surface area contributed by atoms with E-state index in [9.17, 15) is 19.2 Å². The van der Waals surface area contributed by atoms with E-state index in [2.05, 4.69) is 53.2 Å². The standard InChI is InChI=1S/C16H20BrNO3.C15H19NO4.C12H13N/c1-2-13-9-18(10-14(13)15(19)8-17)16(20)21-11-12-6-4-3-5-7-12;1-2-12-8-16(9-13(12)14(17)18)15(19)20-10-11-6-4-3-5-7-11;1-9(13)11-8-4-6-10-5-2-3-7-12(10)11/h3-7,13-14H,2,8-11H2,1H3;3-7,12-13H,2,8-10H2,1H3,(H,17,18);2-9H,13H2,1H3/t13-,14+;12-,13+;9-/m111/s1. The van der Waals surface area contributed by atoms with Crippen molar-refractivity contribution in [2.75, 3.05) is 31.5 Å². The molecular formula is C43H52BrN3O7. The van der Waals surface area contributed by atoms with Crippen LogP contribution in [0.25, 0.3) is 10.8 Å². The maximum absolute atomic E-state index is 12.1. The molecule has 4 aromatic carbocycles. The van der Waals surface area contributed by atoms with Crippen LogP contribution in [0.1, 0.15) is 56.3 Å². The van der Waals surface area contributed by atoms with Gasteiger partial charge in [0.15, 0.2) is 0 Å². The van der Waals surface area contributed by atoms with E-state index in [4.69, 9.17) is 20.3 Å². The summed E-state index contributed by atoms with van der Waals surface area (Å²) in [6.45, 7) is 8.26. The van der Waals surface area contributed by atoms with Gasteiger partial charge in [-0.05, 0) is 46.2 Å². The molecule has 2 aliphatic rings. The molecule has 2 heterocycles. The Morgan fingerprint density at radius 3 is 1.63 bits per heavy atom. The Morgan fingerprint density at radius 1 is 0.704 bits per heavy atom. The van der Waals surface area contributed by atoms with Crippen molar-refractivity contribution in [2.24, 2.45) is 29.4 Å². The summed E-state index contributed by atoms with van der Waals surface area (Å²) in [7, 11) is 0. The number of amides is 2. The fraction of sp³-hybridized carbons (Fsp3) is 0.395. The first-order valence-electron chi connectivity index (χ1n) is 18.5. The monoisotopic (exact) mass is 801 g/mol. The van der Waals surface area contributed by atoms with Crippen molar-refractivity contribution < 1.29 is 33.8 Å². The number of nitrogens with two attached hydrogens (primary N) is 1. The van der Waals surface area contributed by atoms with Gasteiger partial charge in [-0.1, -0.05) is 146 Å². The zero-order valence-corrected chi connectivity index (χ0v) is 32.9. The topological polar surface area (TPSA) is 139 Å². The third-order valence-corrected chi connectivity index (χ3v) is 10.6. The third kappa shape index (κ3) is 11.9. The smallest absolute Gasteiger partial charge is 0.410 e. The number of hydrogen-bond donors (Lipinski definition) is 2. The third-order valence-electron chi connectivity index (χ3n) is 10.0. The molecule has 0 saturated carbocycles. The van der Waals surface area contributed by atoms with Crippen molar-refractivity contribution in [1.82, 2.24) is 9.80 Å². The number of alkyl halides is 1. The highest BCUT2D eigenvalue weighted by Gasteiger charge is 2.40. The average Bonchev–Trinajstić information content (AvgIpc) is 3.85. The summed E-state index contributed by atoms with van der Waals surface area (Å²) < 4.78 is 10.6. The van der Waals surface area contributed by atoms with Crippen LogP contribution in [0.2, 0.25) is 0 Å². The first-order chi connectivity index (χ1) is 26.1. The van der Waals surface area contributed by atoms with Crippen LogP contribution in [-0.2, 0) is 32.3 Å². The number of rotatable bonds is 10. The fourth-order valence-corrected chi connectivity index (χ4v) is 7.30. The van der Waals surface area contributed by atoms with Crippen molar-refractivity contribution in [2.45, 2.75) is 52.9 Å². The Kier molecular flexibility index (Phi) is 16.5. The Bertz CT molecular complexity index is 1800. The molecule has 5 atom stereocenters. The quantitative estimate of drug-likeness (QED) is 0.152. The summed E-state index contributed by atoms with van der Waals surface area (Å²) in [4.78, 5) is 50.3. The van der Waals surface area contributed by atoms with Gasteiger partial charge < -0.3 is 30.1 Å². The highest BCUT2D eigenvalue weighted by Crippen LogP contribution is 2.29. The molecule has 11 heteroatoms. The molecule has 2 saturated heterocycles. The second-order valence-corrected chi connectivity index (χ2v) is 14.3. The number of ketones is 1. The molecule has 2 aliphatic heterocycles. The molecular weight excluding hydrogens is 750 g/mol. The van der Waals surface area contributed by atoms with Crippen LogP contribution in [0, 0.1) is 23.7 Å². The summed E-state index contributed by atoms with van der Waals surface area (Å²) in [5.74, 6) is -0.977. The Balaban J connectivity index is 0.000000185. The predicted molar refractivity (Wildman–Crippen MR) is 214 cm³/mol. The number of ether oxygens (including phenoxy) is 2. The predicted octanol–water partition coefficient (Wildman–Crippen LogP) is 8.47. The second-order valence-electron chi connectivity index (χ2n) is 13.7. The molecule has 54 heavy (non-hydrogen) atoms. The zero-order chi connectivity index (χ0) is 39.0. The summed E-state index contributed by atoms with van der Waals surface area (Å²) in [6.07, 6.45) is 0.879. The molecule has 288 valence electrons. The van der Waals surface area contributed by atoms with Crippen molar-refractivity contribution in [1.29, 1.82) is 0 Å². The SMILES string of the molecule is CC[C@@H]1CN(C(=O)OCc2ccccc2)C[C@@H]1C(=O)CBr.CC[C@@H]1CN(C(=O)OCc2ccccc2)C[C@@H]1C(=O)O.C[C@@H](N)c1cccc2ccccc12. The number of halogens is 1. The number of carbonyl (C=O) groups is 4. The lowest BCUT2D eigenvalue weighted by Crippen LogP contribution is -2.30. The molecule has 0 spiro atoms. The Morgan fingerprint density at radius 2 is 1.17 bits per heavy atom. The van der Waals surface area contributed by atoms with Gasteiger partial charge in [-0.15, -0.1) is 0 Å². The van der Waals surface area contributed by atoms with E-state index in [1.165, 1.54) is 21.2 Å². The number of likely N-dealkylation sites (tertiary alicyclic amines) is 2. The van der Waals surface area contributed by atoms with Crippen LogP contribution >= 0.6 is 15.9 Å². The lowest BCUT2D eigenvalue weighted by Gasteiger charge is -2.16. The van der Waals surface area contributed by atoms with E-state index in [1.54, 1.807) is 4.90 Å². The van der Waals surface area contributed by atoms with Gasteiger partial charge in [0.1, 0.15) is 19.0 Å². The van der Waals surface area contributed by atoms with Gasteiger partial charge in [0, 0.05) is 38.1 Å². The van der Waals surface area contributed by atoms with Crippen LogP contribution in [0.4, 0.5) is 9.59 Å². The lowest BCUT2D eigenvalue weighted by atomic mass is 9.91. The second kappa shape index (κ2) is 21.2. The number of carboxylic acid groups (broad SMARTS) is 1. The molecule has 0 aliphatic carbocycles. The largest absolute Gasteiger partial charge is 0.481 e. The van der Waals surface area contributed by atoms with Gasteiger partial charge >= 0.3 is 18.2 Å². The van der Waals surface area contributed by atoms with Crippen LogP contribution < -0.4 is 5.73 Å². The van der Waals surface area contributed by atoms with Gasteiger partial charge in [-0.25, -0.2) is 9.59 Å². The number of Topliss-reactive ketones (excluding diaryl/α,β-unsaturated/α-hetero) is 1. The molecule has 6 rings (SSSR count). The van der Waals surface area contributed by atoms with Crippen molar-refractivity contribution >= 4 is 50.6 Å². The molecule has 2 amide bonds. The number of benzene rings is 4. The van der Waals surface area contributed by atoms with Gasteiger partial charge in [-0.2, -0.15) is 0 Å². The van der Waals surface area contributed by atoms with Crippen molar-refractivity contribution in [3.63, 3.8) is 0 Å². The molecule has 4 aromatic rings. The highest BCUT2D eigenvalue weighted by atomic mass is 79.9. The number of carbonyl (C=O) groups excluding carboxylic acids is 3. The number of fused-ring (bicyclic) bond motifs is 1. The van der Waals surface area contributed by atoms with Crippen LogP contribution in [-0.4, -0.2) is 70.4 Å². The van der Waals surface area contributed by atoms with Crippen molar-refractivity contribution in [3.8, 4) is 0 Å². The van der Waals surface area contributed by atoms with Gasteiger partial charge in [0.2, 0.25) is 0 Å². The number of carboxylic acids is 1. The molecule has 0 aromatic heterocycles. The first kappa shape index (κ1) is 42.0. The van der Waals surface area contributed by atoms with E-state index in [0.717, 1.165) is 24.0 Å². The minimum Gasteiger partial charge on any atom is -0.481 e. The maximum Gasteiger partial charge on any atom is 0.410 e. The summed E-state index contributed by atoms with van der Waals surface area (Å²) in [5, 5.41) is 12.0. The Labute approximate surface area is 326 Å². The number of nitrogens with zero attached hydrogens (tertiary/aromatic N) is 2. The average molecular weight is 803 g/mol. The number of hydrogen-bond acceptors (Lipinski definition) is 7. The fourth-order valence-electron chi connectivity index (χ4n) is 6.88. The van der Waals surface area contributed by atoms with E-state index < -0.39 is 18.0 Å². The van der Waals surface area contributed by atoms with Gasteiger partial charge in [0.05, 0.1) is 11.2 Å².